The lowest BCUT2D eigenvalue weighted by Crippen LogP contribution is -2.38. The van der Waals surface area contributed by atoms with Gasteiger partial charge in [-0.05, 0) is 38.0 Å². The molecule has 1 aliphatic rings. The fourth-order valence-electron chi connectivity index (χ4n) is 2.21. The summed E-state index contributed by atoms with van der Waals surface area (Å²) in [7, 11) is 0. The van der Waals surface area contributed by atoms with Gasteiger partial charge >= 0.3 is 5.97 Å². The Hall–Kier alpha value is -1.75. The van der Waals surface area contributed by atoms with Crippen LogP contribution in [0.1, 0.15) is 30.1 Å². The monoisotopic (exact) mass is 297 g/mol. The Morgan fingerprint density at radius 3 is 2.60 bits per heavy atom. The minimum Gasteiger partial charge on any atom is -0.480 e. The van der Waals surface area contributed by atoms with E-state index in [0.717, 1.165) is 25.9 Å². The largest absolute Gasteiger partial charge is 0.480 e. The number of carboxylic acid groups (broad SMARTS) is 1. The van der Waals surface area contributed by atoms with Gasteiger partial charge in [-0.2, -0.15) is 0 Å². The summed E-state index contributed by atoms with van der Waals surface area (Å²) >= 11 is 5.77. The SMILES string of the molecule is CC(Oc1ccc(Cl)cc1C(=O)O)C(=O)N1CCCC1. The third kappa shape index (κ3) is 3.22. The zero-order valence-corrected chi connectivity index (χ0v) is 11.9. The minimum absolute atomic E-state index is 0.0430. The molecule has 0 saturated carbocycles. The number of hydrogen-bond acceptors (Lipinski definition) is 3. The number of ether oxygens (including phenoxy) is 1. The molecule has 0 bridgehead atoms. The maximum absolute atomic E-state index is 12.1. The molecule has 1 atom stereocenters. The number of carbonyl (C=O) groups excluding carboxylic acids is 1. The zero-order valence-electron chi connectivity index (χ0n) is 11.1. The first-order valence-corrected chi connectivity index (χ1v) is 6.85. The number of carbonyl (C=O) groups is 2. The maximum atomic E-state index is 12.1. The summed E-state index contributed by atoms with van der Waals surface area (Å²) in [4.78, 5) is 25.0. The molecule has 108 valence electrons. The molecule has 1 aromatic carbocycles. The van der Waals surface area contributed by atoms with Crippen LogP contribution in [0.2, 0.25) is 5.02 Å². The van der Waals surface area contributed by atoms with Gasteiger partial charge in [0.15, 0.2) is 6.10 Å². The van der Waals surface area contributed by atoms with E-state index >= 15 is 0 Å². The lowest BCUT2D eigenvalue weighted by molar-refractivity contribution is -0.136. The van der Waals surface area contributed by atoms with Crippen LogP contribution in [0.5, 0.6) is 5.75 Å². The quantitative estimate of drug-likeness (QED) is 0.927. The number of hydrogen-bond donors (Lipinski definition) is 1. The molecule has 0 aliphatic carbocycles. The van der Waals surface area contributed by atoms with E-state index in [-0.39, 0.29) is 17.2 Å². The predicted molar refractivity (Wildman–Crippen MR) is 74.3 cm³/mol. The normalized spacial score (nSPS) is 16.0. The van der Waals surface area contributed by atoms with Crippen LogP contribution in [0.4, 0.5) is 0 Å². The van der Waals surface area contributed by atoms with Gasteiger partial charge in [0, 0.05) is 18.1 Å². The van der Waals surface area contributed by atoms with Crippen molar-refractivity contribution >= 4 is 23.5 Å². The van der Waals surface area contributed by atoms with Crippen molar-refractivity contribution in [2.45, 2.75) is 25.9 Å². The number of aromatic carboxylic acids is 1. The third-order valence-corrected chi connectivity index (χ3v) is 3.48. The van der Waals surface area contributed by atoms with Crippen LogP contribution in [-0.2, 0) is 4.79 Å². The molecule has 1 amide bonds. The van der Waals surface area contributed by atoms with Crippen molar-refractivity contribution in [3.8, 4) is 5.75 Å². The number of likely N-dealkylation sites (tertiary alicyclic amines) is 1. The van der Waals surface area contributed by atoms with Crippen molar-refractivity contribution in [3.05, 3.63) is 28.8 Å². The van der Waals surface area contributed by atoms with Crippen LogP contribution in [-0.4, -0.2) is 41.1 Å². The van der Waals surface area contributed by atoms with E-state index in [1.807, 2.05) is 0 Å². The van der Waals surface area contributed by atoms with Crippen molar-refractivity contribution < 1.29 is 19.4 Å². The van der Waals surface area contributed by atoms with E-state index in [9.17, 15) is 9.59 Å². The number of benzene rings is 1. The molecular formula is C14H16ClNO4. The Balaban J connectivity index is 2.12. The van der Waals surface area contributed by atoms with Crippen LogP contribution in [0.15, 0.2) is 18.2 Å². The highest BCUT2D eigenvalue weighted by atomic mass is 35.5. The number of carboxylic acids is 1. The summed E-state index contributed by atoms with van der Waals surface area (Å²) in [5.41, 5.74) is -0.0430. The average molecular weight is 298 g/mol. The van der Waals surface area contributed by atoms with Crippen molar-refractivity contribution in [3.63, 3.8) is 0 Å². The Labute approximate surface area is 122 Å². The highest BCUT2D eigenvalue weighted by Gasteiger charge is 2.25. The molecule has 1 saturated heterocycles. The van der Waals surface area contributed by atoms with Crippen LogP contribution in [0, 0.1) is 0 Å². The van der Waals surface area contributed by atoms with Gasteiger partial charge in [0.2, 0.25) is 0 Å². The summed E-state index contributed by atoms with van der Waals surface area (Å²) < 4.78 is 5.51. The lowest BCUT2D eigenvalue weighted by atomic mass is 10.2. The van der Waals surface area contributed by atoms with Gasteiger partial charge in [-0.15, -0.1) is 0 Å². The first-order valence-electron chi connectivity index (χ1n) is 6.47. The second-order valence-corrected chi connectivity index (χ2v) is 5.17. The molecule has 1 aliphatic heterocycles. The molecule has 5 nitrogen and oxygen atoms in total. The Bertz CT molecular complexity index is 526. The summed E-state index contributed by atoms with van der Waals surface area (Å²) in [5.74, 6) is -1.10. The van der Waals surface area contributed by atoms with E-state index in [4.69, 9.17) is 21.4 Å². The van der Waals surface area contributed by atoms with Crippen molar-refractivity contribution in [2.24, 2.45) is 0 Å². The number of amides is 1. The first-order chi connectivity index (χ1) is 9.49. The van der Waals surface area contributed by atoms with Gasteiger partial charge in [-0.3, -0.25) is 4.79 Å². The van der Waals surface area contributed by atoms with Crippen LogP contribution < -0.4 is 4.74 Å². The molecule has 0 spiro atoms. The minimum atomic E-state index is -1.14. The molecule has 0 aromatic heterocycles. The van der Waals surface area contributed by atoms with Gasteiger partial charge < -0.3 is 14.7 Å². The average Bonchev–Trinajstić information content (AvgIpc) is 2.93. The lowest BCUT2D eigenvalue weighted by Gasteiger charge is -2.21. The van der Waals surface area contributed by atoms with Crippen molar-refractivity contribution in [1.82, 2.24) is 4.90 Å². The fraction of sp³-hybridized carbons (Fsp3) is 0.429. The molecule has 2 rings (SSSR count). The summed E-state index contributed by atoms with van der Waals surface area (Å²) in [5, 5.41) is 9.43. The van der Waals surface area contributed by atoms with Crippen LogP contribution in [0.3, 0.4) is 0 Å². The van der Waals surface area contributed by atoms with Gasteiger partial charge in [0.05, 0.1) is 0 Å². The van der Waals surface area contributed by atoms with Crippen molar-refractivity contribution in [1.29, 1.82) is 0 Å². The van der Waals surface area contributed by atoms with Crippen molar-refractivity contribution in [2.75, 3.05) is 13.1 Å². The molecule has 6 heteroatoms. The summed E-state index contributed by atoms with van der Waals surface area (Å²) in [6.07, 6.45) is 1.28. The van der Waals surface area contributed by atoms with E-state index in [2.05, 4.69) is 0 Å². The molecule has 1 aromatic rings. The molecule has 20 heavy (non-hydrogen) atoms. The topological polar surface area (TPSA) is 66.8 Å². The molecule has 1 heterocycles. The summed E-state index contributed by atoms with van der Waals surface area (Å²) in [6.45, 7) is 3.10. The highest BCUT2D eigenvalue weighted by molar-refractivity contribution is 6.31. The Kier molecular flexibility index (Phi) is 4.49. The first kappa shape index (κ1) is 14.7. The number of nitrogens with zero attached hydrogens (tertiary/aromatic N) is 1. The molecule has 1 unspecified atom stereocenters. The van der Waals surface area contributed by atoms with Crippen LogP contribution in [0.25, 0.3) is 0 Å². The maximum Gasteiger partial charge on any atom is 0.339 e. The van der Waals surface area contributed by atoms with Crippen LogP contribution >= 0.6 is 11.6 Å². The predicted octanol–water partition coefficient (Wildman–Crippen LogP) is 2.43. The smallest absolute Gasteiger partial charge is 0.339 e. The zero-order chi connectivity index (χ0) is 14.7. The van der Waals surface area contributed by atoms with E-state index in [1.165, 1.54) is 18.2 Å². The highest BCUT2D eigenvalue weighted by Crippen LogP contribution is 2.24. The van der Waals surface area contributed by atoms with Gasteiger partial charge in [-0.25, -0.2) is 4.79 Å². The molecule has 1 fully saturated rings. The summed E-state index contributed by atoms with van der Waals surface area (Å²) in [6, 6.07) is 4.32. The molecular weight excluding hydrogens is 282 g/mol. The molecule has 0 radical (unpaired) electrons. The van der Waals surface area contributed by atoms with E-state index in [0.29, 0.717) is 5.02 Å². The molecule has 1 N–H and O–H groups in total. The Morgan fingerprint density at radius 1 is 1.35 bits per heavy atom. The van der Waals surface area contributed by atoms with Gasteiger partial charge in [0.25, 0.3) is 5.91 Å². The third-order valence-electron chi connectivity index (χ3n) is 3.24. The fourth-order valence-corrected chi connectivity index (χ4v) is 2.38. The van der Waals surface area contributed by atoms with Gasteiger partial charge in [0.1, 0.15) is 11.3 Å². The Morgan fingerprint density at radius 2 is 2.00 bits per heavy atom. The van der Waals surface area contributed by atoms with E-state index in [1.54, 1.807) is 11.8 Å². The van der Waals surface area contributed by atoms with E-state index < -0.39 is 12.1 Å². The number of halogens is 1. The second-order valence-electron chi connectivity index (χ2n) is 4.74. The number of rotatable bonds is 4. The van der Waals surface area contributed by atoms with Gasteiger partial charge in [-0.1, -0.05) is 11.6 Å². The standard InChI is InChI=1S/C14H16ClNO4/c1-9(13(17)16-6-2-3-7-16)20-12-5-4-10(15)8-11(12)14(18)19/h4-5,8-9H,2-3,6-7H2,1H3,(H,18,19). The second kappa shape index (κ2) is 6.13.